The third kappa shape index (κ3) is 4.06. The van der Waals surface area contributed by atoms with Crippen LogP contribution in [0.5, 0.6) is 0 Å². The zero-order chi connectivity index (χ0) is 20.5. The van der Waals surface area contributed by atoms with Gasteiger partial charge in [-0.1, -0.05) is 0 Å². The predicted molar refractivity (Wildman–Crippen MR) is 109 cm³/mol. The van der Waals surface area contributed by atoms with Crippen molar-refractivity contribution < 1.29 is 9.18 Å². The molecule has 2 aromatic heterocycles. The topological polar surface area (TPSA) is 93.6 Å². The highest BCUT2D eigenvalue weighted by Gasteiger charge is 2.20. The van der Waals surface area contributed by atoms with Crippen LogP contribution >= 0.6 is 0 Å². The normalized spacial score (nSPS) is 11.8. The van der Waals surface area contributed by atoms with E-state index >= 15 is 0 Å². The third-order valence-electron chi connectivity index (χ3n) is 4.43. The summed E-state index contributed by atoms with van der Waals surface area (Å²) in [5.74, 6) is -0.307. The van der Waals surface area contributed by atoms with Crippen LogP contribution < -0.4 is 10.6 Å². The molecule has 0 radical (unpaired) electrons. The van der Waals surface area contributed by atoms with Crippen LogP contribution in [0.25, 0.3) is 21.9 Å². The van der Waals surface area contributed by atoms with Gasteiger partial charge in [-0.3, -0.25) is 9.78 Å². The number of nitrogens with zero attached hydrogens (tertiary/aromatic N) is 2. The van der Waals surface area contributed by atoms with Gasteiger partial charge < -0.3 is 15.6 Å². The number of H-pyrrole nitrogens is 1. The van der Waals surface area contributed by atoms with Gasteiger partial charge in [0.15, 0.2) is 0 Å². The number of nitrogens with one attached hydrogen (secondary N) is 3. The fourth-order valence-electron chi connectivity index (χ4n) is 3.07. The molecule has 0 unspecified atom stereocenters. The minimum atomic E-state index is -1.34. The van der Waals surface area contributed by atoms with E-state index in [2.05, 4.69) is 26.7 Å². The summed E-state index contributed by atoms with van der Waals surface area (Å²) in [5.41, 5.74) is 2.46. The summed E-state index contributed by atoms with van der Waals surface area (Å²) in [7, 11) is 0. The number of rotatable bonds is 6. The van der Waals surface area contributed by atoms with Crippen molar-refractivity contribution >= 4 is 33.5 Å². The van der Waals surface area contributed by atoms with Crippen molar-refractivity contribution in [3.63, 3.8) is 0 Å². The van der Waals surface area contributed by atoms with E-state index in [0.717, 1.165) is 16.4 Å². The van der Waals surface area contributed by atoms with Crippen LogP contribution in [0.2, 0.25) is 0 Å². The first-order valence-electron chi connectivity index (χ1n) is 9.28. The van der Waals surface area contributed by atoms with E-state index in [1.54, 1.807) is 12.1 Å². The Morgan fingerprint density at radius 3 is 2.79 bits per heavy atom. The van der Waals surface area contributed by atoms with E-state index < -0.39 is 5.67 Å². The maximum atomic E-state index is 13.7. The second-order valence-electron chi connectivity index (χ2n) is 7.79. The van der Waals surface area contributed by atoms with E-state index in [1.807, 2.05) is 19.9 Å². The summed E-state index contributed by atoms with van der Waals surface area (Å²) < 4.78 is 13.7. The molecule has 1 aromatic carbocycles. The Morgan fingerprint density at radius 1 is 1.39 bits per heavy atom. The summed E-state index contributed by atoms with van der Waals surface area (Å²) in [6, 6.07) is 7.57. The highest BCUT2D eigenvalue weighted by atomic mass is 19.1. The molecule has 1 amide bonds. The van der Waals surface area contributed by atoms with Gasteiger partial charge in [0.1, 0.15) is 5.67 Å². The van der Waals surface area contributed by atoms with Gasteiger partial charge in [0.25, 0.3) is 5.91 Å². The Balaban J connectivity index is 2.06. The first-order chi connectivity index (χ1) is 13.2. The highest BCUT2D eigenvalue weighted by Crippen LogP contribution is 2.32. The van der Waals surface area contributed by atoms with Gasteiger partial charge in [-0.05, 0) is 52.3 Å². The molecule has 0 bridgehead atoms. The summed E-state index contributed by atoms with van der Waals surface area (Å²) in [5, 5.41) is 16.1. The van der Waals surface area contributed by atoms with Crippen molar-refractivity contribution in [3.8, 4) is 6.07 Å². The van der Waals surface area contributed by atoms with Crippen LogP contribution in [0.3, 0.4) is 0 Å². The van der Waals surface area contributed by atoms with Crippen molar-refractivity contribution in [3.05, 3.63) is 35.5 Å². The fraction of sp³-hybridized carbons (Fsp3) is 0.381. The predicted octanol–water partition coefficient (Wildman–Crippen LogP) is 4.28. The van der Waals surface area contributed by atoms with Crippen LogP contribution in [0.4, 0.5) is 10.1 Å². The number of hydrogen-bond acceptors (Lipinski definition) is 4. The fourth-order valence-corrected chi connectivity index (χ4v) is 3.07. The molecule has 7 heteroatoms. The van der Waals surface area contributed by atoms with Crippen molar-refractivity contribution in [1.29, 1.82) is 5.26 Å². The number of benzene rings is 1. The van der Waals surface area contributed by atoms with Crippen LogP contribution in [0, 0.1) is 11.3 Å². The number of hydrogen-bond donors (Lipinski definition) is 3. The minimum Gasteiger partial charge on any atom is -0.380 e. The van der Waals surface area contributed by atoms with E-state index in [4.69, 9.17) is 5.26 Å². The first kappa shape index (κ1) is 19.6. The number of aromatic nitrogens is 2. The molecule has 6 nitrogen and oxygen atoms in total. The summed E-state index contributed by atoms with van der Waals surface area (Å²) in [6.07, 6.45) is 1.76. The number of pyridine rings is 1. The van der Waals surface area contributed by atoms with E-state index in [-0.39, 0.29) is 24.9 Å². The molecule has 146 valence electrons. The minimum absolute atomic E-state index is 0.0861. The number of fused-ring (bicyclic) bond motifs is 3. The van der Waals surface area contributed by atoms with E-state index in [9.17, 15) is 9.18 Å². The summed E-state index contributed by atoms with van der Waals surface area (Å²) in [4.78, 5) is 20.5. The number of alkyl halides is 1. The third-order valence-corrected chi connectivity index (χ3v) is 4.43. The zero-order valence-corrected chi connectivity index (χ0v) is 16.5. The molecule has 3 N–H and O–H groups in total. The molecule has 28 heavy (non-hydrogen) atoms. The van der Waals surface area contributed by atoms with Gasteiger partial charge in [0.05, 0.1) is 33.9 Å². The van der Waals surface area contributed by atoms with Crippen LogP contribution in [-0.2, 0) is 0 Å². The Bertz CT molecular complexity index is 1070. The first-order valence-corrected chi connectivity index (χ1v) is 9.28. The average molecular weight is 381 g/mol. The quantitative estimate of drug-likeness (QED) is 0.594. The molecule has 0 spiro atoms. The van der Waals surface area contributed by atoms with Gasteiger partial charge in [-0.25, -0.2) is 4.39 Å². The number of carbonyl (C=O) groups is 1. The second-order valence-corrected chi connectivity index (χ2v) is 7.79. The lowest BCUT2D eigenvalue weighted by Crippen LogP contribution is -2.30. The lowest BCUT2D eigenvalue weighted by molar-refractivity contribution is 0.0945. The molecule has 0 aliphatic rings. The number of amides is 1. The van der Waals surface area contributed by atoms with Crippen LogP contribution in [-0.4, -0.2) is 34.1 Å². The van der Waals surface area contributed by atoms with Crippen molar-refractivity contribution in [2.24, 2.45) is 0 Å². The smallest absolute Gasteiger partial charge is 0.255 e. The lowest BCUT2D eigenvalue weighted by atomic mass is 10.1. The zero-order valence-electron chi connectivity index (χ0n) is 16.5. The van der Waals surface area contributed by atoms with Gasteiger partial charge in [0.2, 0.25) is 0 Å². The number of nitriles is 1. The molecule has 3 aromatic rings. The largest absolute Gasteiger partial charge is 0.380 e. The molecule has 0 atom stereocenters. The Hall–Kier alpha value is -3.14. The van der Waals surface area contributed by atoms with Crippen LogP contribution in [0.1, 0.15) is 50.0 Å². The summed E-state index contributed by atoms with van der Waals surface area (Å²) >= 11 is 0. The molecule has 0 saturated heterocycles. The molecule has 0 aliphatic carbocycles. The lowest BCUT2D eigenvalue weighted by Gasteiger charge is -2.17. The van der Waals surface area contributed by atoms with E-state index in [0.29, 0.717) is 22.3 Å². The SMILES string of the molecule is CC(C)Nc1c(C(=O)NCCC(C)(C)F)cnc2c1[nH]c1cc(C#N)ccc12. The van der Waals surface area contributed by atoms with Crippen molar-refractivity contribution in [2.75, 3.05) is 11.9 Å². The standard InChI is InChI=1S/C21H24FN5O/c1-12(2)26-18-15(20(28)24-8-7-21(3,4)22)11-25-17-14-6-5-13(10-23)9-16(14)27-19(17)18/h5-6,9,11-12,27H,7-8H2,1-4H3,(H,24,28)(H,25,26). The maximum Gasteiger partial charge on any atom is 0.255 e. The molecule has 0 saturated carbocycles. The summed E-state index contributed by atoms with van der Waals surface area (Å²) in [6.45, 7) is 7.17. The number of carbonyl (C=O) groups excluding carboxylic acids is 1. The molecular weight excluding hydrogens is 357 g/mol. The van der Waals surface area contributed by atoms with E-state index in [1.165, 1.54) is 20.0 Å². The molecule has 0 aliphatic heterocycles. The number of anilines is 1. The van der Waals surface area contributed by atoms with Crippen molar-refractivity contribution in [1.82, 2.24) is 15.3 Å². The van der Waals surface area contributed by atoms with Crippen LogP contribution in [0.15, 0.2) is 24.4 Å². The Labute approximate surface area is 163 Å². The second kappa shape index (κ2) is 7.47. The maximum absolute atomic E-state index is 13.7. The van der Waals surface area contributed by atoms with Gasteiger partial charge >= 0.3 is 0 Å². The average Bonchev–Trinajstić information content (AvgIpc) is 2.98. The molecule has 3 rings (SSSR count). The number of halogens is 1. The molecule has 2 heterocycles. The van der Waals surface area contributed by atoms with Gasteiger partial charge in [-0.15, -0.1) is 0 Å². The molecular formula is C21H24FN5O. The van der Waals surface area contributed by atoms with Gasteiger partial charge in [-0.2, -0.15) is 5.26 Å². The molecule has 0 fully saturated rings. The van der Waals surface area contributed by atoms with Crippen molar-refractivity contribution in [2.45, 2.75) is 45.8 Å². The monoisotopic (exact) mass is 381 g/mol. The number of aromatic amines is 1. The Kier molecular flexibility index (Phi) is 5.23. The van der Waals surface area contributed by atoms with Gasteiger partial charge in [0, 0.05) is 29.7 Å². The highest BCUT2D eigenvalue weighted by molar-refractivity contribution is 6.13. The Morgan fingerprint density at radius 2 is 2.14 bits per heavy atom.